The highest BCUT2D eigenvalue weighted by Gasteiger charge is 2.24. The third kappa shape index (κ3) is 5.39. The molecule has 1 unspecified atom stereocenters. The molecule has 1 atom stereocenters. The van der Waals surface area contributed by atoms with Gasteiger partial charge in [-0.05, 0) is 56.5 Å². The van der Waals surface area contributed by atoms with Crippen LogP contribution in [0.25, 0.3) is 0 Å². The standard InChI is InChI=1S/C20H27N5O3.ClH/c1-27-16-2-3-19-17(11-16)18(6-9-28-19)22-20(26)13-25-12-15(23-24-25)10-14-4-7-21-8-5-14;/h2-3,11-12,14,18,21H,4-10,13H2,1H3,(H,22,26);1H. The van der Waals surface area contributed by atoms with Crippen LogP contribution in [0, 0.1) is 5.92 Å². The summed E-state index contributed by atoms with van der Waals surface area (Å²) >= 11 is 0. The van der Waals surface area contributed by atoms with Crippen molar-refractivity contribution in [1.82, 2.24) is 25.6 Å². The second-order valence-electron chi connectivity index (χ2n) is 7.47. The van der Waals surface area contributed by atoms with Crippen molar-refractivity contribution in [1.29, 1.82) is 0 Å². The van der Waals surface area contributed by atoms with E-state index < -0.39 is 0 Å². The predicted octanol–water partition coefficient (Wildman–Crippen LogP) is 1.89. The molecule has 29 heavy (non-hydrogen) atoms. The molecule has 2 aromatic rings. The van der Waals surface area contributed by atoms with E-state index in [0.717, 1.165) is 48.7 Å². The van der Waals surface area contributed by atoms with Gasteiger partial charge in [-0.3, -0.25) is 4.79 Å². The highest BCUT2D eigenvalue weighted by Crippen LogP contribution is 2.34. The highest BCUT2D eigenvalue weighted by atomic mass is 35.5. The van der Waals surface area contributed by atoms with Gasteiger partial charge in [-0.25, -0.2) is 4.68 Å². The minimum atomic E-state index is -0.0934. The lowest BCUT2D eigenvalue weighted by Crippen LogP contribution is -2.34. The van der Waals surface area contributed by atoms with Gasteiger partial charge in [0.05, 0.1) is 25.5 Å². The van der Waals surface area contributed by atoms with Gasteiger partial charge in [-0.2, -0.15) is 0 Å². The second kappa shape index (κ2) is 9.93. The van der Waals surface area contributed by atoms with E-state index in [2.05, 4.69) is 20.9 Å². The molecule has 2 aliphatic rings. The molecule has 1 amide bonds. The summed E-state index contributed by atoms with van der Waals surface area (Å²) in [6, 6.07) is 5.58. The summed E-state index contributed by atoms with van der Waals surface area (Å²) in [5, 5.41) is 14.8. The average Bonchev–Trinajstić information content (AvgIpc) is 3.15. The molecule has 0 spiro atoms. The molecule has 9 heteroatoms. The topological polar surface area (TPSA) is 90.3 Å². The first-order valence-electron chi connectivity index (χ1n) is 9.91. The zero-order chi connectivity index (χ0) is 19.3. The molecule has 2 aliphatic heterocycles. The molecule has 2 N–H and O–H groups in total. The second-order valence-corrected chi connectivity index (χ2v) is 7.47. The number of fused-ring (bicyclic) bond motifs is 1. The van der Waals surface area contributed by atoms with E-state index in [1.807, 2.05) is 24.4 Å². The lowest BCUT2D eigenvalue weighted by molar-refractivity contribution is -0.122. The minimum absolute atomic E-state index is 0. The number of carbonyl (C=O) groups is 1. The molecule has 1 aromatic carbocycles. The molecule has 1 fully saturated rings. The maximum absolute atomic E-state index is 12.6. The first-order chi connectivity index (χ1) is 13.7. The third-order valence-corrected chi connectivity index (χ3v) is 5.44. The number of piperidine rings is 1. The Labute approximate surface area is 176 Å². The molecular weight excluding hydrogens is 394 g/mol. The number of hydrogen-bond acceptors (Lipinski definition) is 6. The lowest BCUT2D eigenvalue weighted by atomic mass is 9.93. The summed E-state index contributed by atoms with van der Waals surface area (Å²) in [5.41, 5.74) is 1.91. The molecule has 1 saturated heterocycles. The summed E-state index contributed by atoms with van der Waals surface area (Å²) in [4.78, 5) is 12.6. The monoisotopic (exact) mass is 421 g/mol. The van der Waals surface area contributed by atoms with Gasteiger partial charge in [0.25, 0.3) is 0 Å². The molecule has 0 bridgehead atoms. The van der Waals surface area contributed by atoms with E-state index in [-0.39, 0.29) is 30.9 Å². The van der Waals surface area contributed by atoms with E-state index in [0.29, 0.717) is 12.5 Å². The first kappa shape index (κ1) is 21.4. The van der Waals surface area contributed by atoms with Gasteiger partial charge in [-0.1, -0.05) is 5.21 Å². The van der Waals surface area contributed by atoms with Crippen LogP contribution in [0.4, 0.5) is 0 Å². The van der Waals surface area contributed by atoms with Crippen molar-refractivity contribution in [3.8, 4) is 11.5 Å². The number of hydrogen-bond donors (Lipinski definition) is 2. The molecule has 8 nitrogen and oxygen atoms in total. The fourth-order valence-electron chi connectivity index (χ4n) is 3.93. The number of carbonyl (C=O) groups excluding carboxylic acids is 1. The van der Waals surface area contributed by atoms with Gasteiger partial charge in [-0.15, -0.1) is 17.5 Å². The lowest BCUT2D eigenvalue weighted by Gasteiger charge is -2.27. The Hall–Kier alpha value is -2.32. The zero-order valence-electron chi connectivity index (χ0n) is 16.6. The fourth-order valence-corrected chi connectivity index (χ4v) is 3.93. The van der Waals surface area contributed by atoms with E-state index in [1.165, 1.54) is 12.8 Å². The maximum atomic E-state index is 12.6. The summed E-state index contributed by atoms with van der Waals surface area (Å²) in [6.07, 6.45) is 5.88. The first-order valence-corrected chi connectivity index (χ1v) is 9.91. The van der Waals surface area contributed by atoms with Crippen molar-refractivity contribution in [2.75, 3.05) is 26.8 Å². The minimum Gasteiger partial charge on any atom is -0.497 e. The van der Waals surface area contributed by atoms with Gasteiger partial charge in [0.2, 0.25) is 5.91 Å². The van der Waals surface area contributed by atoms with Crippen molar-refractivity contribution < 1.29 is 14.3 Å². The van der Waals surface area contributed by atoms with Crippen molar-refractivity contribution in [3.63, 3.8) is 0 Å². The number of methoxy groups -OCH3 is 1. The van der Waals surface area contributed by atoms with E-state index in [1.54, 1.807) is 11.8 Å². The van der Waals surface area contributed by atoms with Crippen LogP contribution >= 0.6 is 12.4 Å². The van der Waals surface area contributed by atoms with Crippen LogP contribution in [-0.4, -0.2) is 47.7 Å². The van der Waals surface area contributed by atoms with Gasteiger partial charge in [0.15, 0.2) is 0 Å². The Bertz CT molecular complexity index is 822. The number of aromatic nitrogens is 3. The Kier molecular flexibility index (Phi) is 7.33. The number of nitrogens with zero attached hydrogens (tertiary/aromatic N) is 3. The Morgan fingerprint density at radius 1 is 1.34 bits per heavy atom. The number of ether oxygens (including phenoxy) is 2. The largest absolute Gasteiger partial charge is 0.497 e. The van der Waals surface area contributed by atoms with Crippen molar-refractivity contribution in [3.05, 3.63) is 35.7 Å². The number of rotatable bonds is 6. The molecule has 3 heterocycles. The Morgan fingerprint density at radius 3 is 2.97 bits per heavy atom. The Balaban J connectivity index is 0.00000240. The van der Waals surface area contributed by atoms with Crippen molar-refractivity contribution in [2.45, 2.75) is 38.3 Å². The molecule has 0 radical (unpaired) electrons. The molecule has 158 valence electrons. The number of nitrogens with one attached hydrogen (secondary N) is 2. The van der Waals surface area contributed by atoms with Crippen molar-refractivity contribution >= 4 is 18.3 Å². The van der Waals surface area contributed by atoms with Crippen LogP contribution < -0.4 is 20.1 Å². The smallest absolute Gasteiger partial charge is 0.242 e. The van der Waals surface area contributed by atoms with Gasteiger partial charge in [0, 0.05) is 18.2 Å². The van der Waals surface area contributed by atoms with Crippen LogP contribution in [-0.2, 0) is 17.8 Å². The van der Waals surface area contributed by atoms with E-state index >= 15 is 0 Å². The summed E-state index contributed by atoms with van der Waals surface area (Å²) in [5.74, 6) is 2.11. The van der Waals surface area contributed by atoms with Crippen molar-refractivity contribution in [2.24, 2.45) is 5.92 Å². The zero-order valence-corrected chi connectivity index (χ0v) is 17.4. The van der Waals surface area contributed by atoms with Crippen LogP contribution in [0.5, 0.6) is 11.5 Å². The van der Waals surface area contributed by atoms with Gasteiger partial charge >= 0.3 is 0 Å². The van der Waals surface area contributed by atoms with Crippen LogP contribution in [0.3, 0.4) is 0 Å². The summed E-state index contributed by atoms with van der Waals surface area (Å²) < 4.78 is 12.6. The van der Waals surface area contributed by atoms with Crippen LogP contribution in [0.1, 0.15) is 36.6 Å². The normalized spacial score (nSPS) is 18.9. The van der Waals surface area contributed by atoms with Gasteiger partial charge in [0.1, 0.15) is 18.0 Å². The SMILES string of the molecule is COc1ccc2c(c1)C(NC(=O)Cn1cc(CC3CCNCC3)nn1)CCO2.Cl. The number of benzene rings is 1. The third-order valence-electron chi connectivity index (χ3n) is 5.44. The van der Waals surface area contributed by atoms with E-state index in [9.17, 15) is 4.79 Å². The number of halogens is 1. The Morgan fingerprint density at radius 2 is 2.17 bits per heavy atom. The average molecular weight is 422 g/mol. The van der Waals surface area contributed by atoms with Crippen LogP contribution in [0.15, 0.2) is 24.4 Å². The molecule has 0 aliphatic carbocycles. The van der Waals surface area contributed by atoms with Crippen LogP contribution in [0.2, 0.25) is 0 Å². The fraction of sp³-hybridized carbons (Fsp3) is 0.550. The number of amides is 1. The maximum Gasteiger partial charge on any atom is 0.242 e. The summed E-state index contributed by atoms with van der Waals surface area (Å²) in [7, 11) is 1.63. The molecule has 4 rings (SSSR count). The quantitative estimate of drug-likeness (QED) is 0.740. The summed E-state index contributed by atoms with van der Waals surface area (Å²) in [6.45, 7) is 2.88. The molecular formula is C20H28ClN5O3. The predicted molar refractivity (Wildman–Crippen MR) is 111 cm³/mol. The van der Waals surface area contributed by atoms with E-state index in [4.69, 9.17) is 9.47 Å². The highest BCUT2D eigenvalue weighted by molar-refractivity contribution is 5.85. The molecule has 0 saturated carbocycles. The molecule has 1 aromatic heterocycles. The van der Waals surface area contributed by atoms with Gasteiger partial charge < -0.3 is 20.1 Å².